The van der Waals surface area contributed by atoms with Gasteiger partial charge < -0.3 is 4.98 Å². The minimum Gasteiger partial charge on any atom is -0.323 e. The van der Waals surface area contributed by atoms with Gasteiger partial charge in [-0.3, -0.25) is 14.0 Å². The maximum absolute atomic E-state index is 12.8. The summed E-state index contributed by atoms with van der Waals surface area (Å²) in [6.45, 7) is 6.43. The van der Waals surface area contributed by atoms with Crippen LogP contribution in [-0.4, -0.2) is 19.3 Å². The Bertz CT molecular complexity index is 958. The Kier molecular flexibility index (Phi) is 3.33. The van der Waals surface area contributed by atoms with E-state index >= 15 is 0 Å². The lowest BCUT2D eigenvalue weighted by Crippen LogP contribution is -2.22. The molecule has 0 aromatic carbocycles. The molecular weight excluding hydrogens is 304 g/mol. The number of aromatic amines is 1. The zero-order chi connectivity index (χ0) is 15.3. The highest BCUT2D eigenvalue weighted by atomic mass is 32.1. The highest BCUT2D eigenvalue weighted by Gasteiger charge is 2.14. The number of aromatic nitrogens is 4. The van der Waals surface area contributed by atoms with Gasteiger partial charge in [-0.2, -0.15) is 5.10 Å². The molecule has 0 aliphatic rings. The third-order valence-electron chi connectivity index (χ3n) is 3.98. The van der Waals surface area contributed by atoms with Gasteiger partial charge in [0.25, 0.3) is 5.56 Å². The first-order valence-electron chi connectivity index (χ1n) is 6.60. The van der Waals surface area contributed by atoms with Gasteiger partial charge in [0.05, 0.1) is 18.1 Å². The van der Waals surface area contributed by atoms with E-state index in [4.69, 9.17) is 12.2 Å². The summed E-state index contributed by atoms with van der Waals surface area (Å²) in [7, 11) is 1.89. The van der Waals surface area contributed by atoms with Gasteiger partial charge in [0.15, 0.2) is 4.77 Å². The molecule has 0 spiro atoms. The molecule has 3 aromatic rings. The molecule has 3 rings (SSSR count). The van der Waals surface area contributed by atoms with Crippen LogP contribution in [0.5, 0.6) is 0 Å². The first kappa shape index (κ1) is 14.2. The van der Waals surface area contributed by atoms with E-state index in [1.54, 1.807) is 26.8 Å². The van der Waals surface area contributed by atoms with Crippen molar-refractivity contribution in [2.24, 2.45) is 7.05 Å². The van der Waals surface area contributed by atoms with Crippen LogP contribution < -0.4 is 5.56 Å². The van der Waals surface area contributed by atoms with E-state index in [-0.39, 0.29) is 5.56 Å². The second-order valence-electron chi connectivity index (χ2n) is 5.19. The molecule has 0 aliphatic heterocycles. The molecule has 0 bridgehead atoms. The molecule has 3 heterocycles. The molecule has 0 saturated carbocycles. The van der Waals surface area contributed by atoms with Crippen LogP contribution in [0.2, 0.25) is 0 Å². The van der Waals surface area contributed by atoms with E-state index in [2.05, 4.69) is 10.1 Å². The van der Waals surface area contributed by atoms with Crippen LogP contribution in [-0.2, 0) is 13.6 Å². The molecule has 3 aromatic heterocycles. The van der Waals surface area contributed by atoms with Gasteiger partial charge in [-0.1, -0.05) is 0 Å². The maximum Gasteiger partial charge on any atom is 0.263 e. The number of rotatable bonds is 2. The summed E-state index contributed by atoms with van der Waals surface area (Å²) in [5.74, 6) is 0. The Morgan fingerprint density at radius 2 is 2.10 bits per heavy atom. The van der Waals surface area contributed by atoms with Crippen LogP contribution in [0.3, 0.4) is 0 Å². The van der Waals surface area contributed by atoms with Gasteiger partial charge >= 0.3 is 0 Å². The smallest absolute Gasteiger partial charge is 0.263 e. The van der Waals surface area contributed by atoms with Crippen LogP contribution in [0.25, 0.3) is 10.2 Å². The number of H-pyrrole nitrogens is 1. The SMILES string of the molecule is Cc1sc2[nH]c(=S)n(Cc3cnn(C)c3C)c(=O)c2c1C. The largest absolute Gasteiger partial charge is 0.323 e. The first-order chi connectivity index (χ1) is 9.90. The third-order valence-corrected chi connectivity index (χ3v) is 5.42. The van der Waals surface area contributed by atoms with Crippen LogP contribution >= 0.6 is 23.6 Å². The predicted octanol–water partition coefficient (Wildman–Crippen LogP) is 2.83. The van der Waals surface area contributed by atoms with Gasteiger partial charge in [0.1, 0.15) is 4.83 Å². The fourth-order valence-corrected chi connectivity index (χ4v) is 3.74. The molecule has 5 nitrogen and oxygen atoms in total. The lowest BCUT2D eigenvalue weighted by Gasteiger charge is -2.06. The molecular formula is C14H16N4OS2. The van der Waals surface area contributed by atoms with Crippen molar-refractivity contribution in [1.29, 1.82) is 0 Å². The summed E-state index contributed by atoms with van der Waals surface area (Å²) < 4.78 is 3.86. The van der Waals surface area contributed by atoms with Crippen molar-refractivity contribution in [2.75, 3.05) is 0 Å². The lowest BCUT2D eigenvalue weighted by molar-refractivity contribution is 0.714. The van der Waals surface area contributed by atoms with Crippen LogP contribution in [0.4, 0.5) is 0 Å². The highest BCUT2D eigenvalue weighted by Crippen LogP contribution is 2.25. The Hall–Kier alpha value is -1.73. The number of hydrogen-bond acceptors (Lipinski definition) is 4. The van der Waals surface area contributed by atoms with Crippen molar-refractivity contribution >= 4 is 33.8 Å². The summed E-state index contributed by atoms with van der Waals surface area (Å²) in [6, 6.07) is 0. The molecule has 0 amide bonds. The van der Waals surface area contributed by atoms with Gasteiger partial charge in [0.2, 0.25) is 0 Å². The van der Waals surface area contributed by atoms with E-state index in [9.17, 15) is 4.79 Å². The van der Waals surface area contributed by atoms with Gasteiger partial charge in [0, 0.05) is 23.2 Å². The van der Waals surface area contributed by atoms with E-state index in [1.165, 1.54) is 0 Å². The highest BCUT2D eigenvalue weighted by molar-refractivity contribution is 7.71. The molecule has 0 aliphatic carbocycles. The maximum atomic E-state index is 12.8. The minimum atomic E-state index is -0.0288. The molecule has 110 valence electrons. The first-order valence-corrected chi connectivity index (χ1v) is 7.83. The average molecular weight is 320 g/mol. The van der Waals surface area contributed by atoms with Crippen LogP contribution in [0, 0.1) is 25.5 Å². The third kappa shape index (κ3) is 2.16. The van der Waals surface area contributed by atoms with E-state index in [1.807, 2.05) is 27.8 Å². The van der Waals surface area contributed by atoms with Crippen molar-refractivity contribution in [1.82, 2.24) is 19.3 Å². The number of hydrogen-bond donors (Lipinski definition) is 1. The molecule has 0 saturated heterocycles. The number of nitrogens with zero attached hydrogens (tertiary/aromatic N) is 3. The fourth-order valence-electron chi connectivity index (χ4n) is 2.38. The van der Waals surface area contributed by atoms with Crippen molar-refractivity contribution in [3.8, 4) is 0 Å². The van der Waals surface area contributed by atoms with Gasteiger partial charge in [-0.25, -0.2) is 0 Å². The summed E-state index contributed by atoms with van der Waals surface area (Å²) in [5.41, 5.74) is 3.04. The normalized spacial score (nSPS) is 11.4. The van der Waals surface area contributed by atoms with Crippen LogP contribution in [0.1, 0.15) is 21.7 Å². The zero-order valence-electron chi connectivity index (χ0n) is 12.4. The Balaban J connectivity index is 2.23. The molecule has 0 fully saturated rings. The predicted molar refractivity (Wildman–Crippen MR) is 87.8 cm³/mol. The molecule has 0 unspecified atom stereocenters. The second-order valence-corrected chi connectivity index (χ2v) is 6.80. The summed E-state index contributed by atoms with van der Waals surface area (Å²) in [4.78, 5) is 17.9. The number of nitrogens with one attached hydrogen (secondary N) is 1. The average Bonchev–Trinajstić information content (AvgIpc) is 2.88. The van der Waals surface area contributed by atoms with Crippen molar-refractivity contribution in [3.05, 3.63) is 43.0 Å². The van der Waals surface area contributed by atoms with Crippen molar-refractivity contribution in [2.45, 2.75) is 27.3 Å². The molecule has 21 heavy (non-hydrogen) atoms. The molecule has 1 N–H and O–H groups in total. The summed E-state index contributed by atoms with van der Waals surface area (Å²) >= 11 is 6.93. The minimum absolute atomic E-state index is 0.0288. The monoisotopic (exact) mass is 320 g/mol. The van der Waals surface area contributed by atoms with E-state index in [0.717, 1.165) is 31.9 Å². The molecule has 0 atom stereocenters. The van der Waals surface area contributed by atoms with Crippen LogP contribution in [0.15, 0.2) is 11.0 Å². The Morgan fingerprint density at radius 3 is 2.71 bits per heavy atom. The Labute approximate surface area is 130 Å². The Morgan fingerprint density at radius 1 is 1.38 bits per heavy atom. The van der Waals surface area contributed by atoms with Crippen molar-refractivity contribution < 1.29 is 0 Å². The van der Waals surface area contributed by atoms with Crippen molar-refractivity contribution in [3.63, 3.8) is 0 Å². The lowest BCUT2D eigenvalue weighted by atomic mass is 10.2. The number of fused-ring (bicyclic) bond motifs is 1. The van der Waals surface area contributed by atoms with E-state index < -0.39 is 0 Å². The quantitative estimate of drug-likeness (QED) is 0.739. The topological polar surface area (TPSA) is 55.6 Å². The number of thiophene rings is 1. The van der Waals surface area contributed by atoms with E-state index in [0.29, 0.717) is 11.3 Å². The van der Waals surface area contributed by atoms with Gasteiger partial charge in [-0.15, -0.1) is 11.3 Å². The van der Waals surface area contributed by atoms with Gasteiger partial charge in [-0.05, 0) is 38.6 Å². The standard InChI is InChI=1S/C14H16N4OS2/c1-7-9(3)21-12-11(7)13(19)18(14(20)16-12)6-10-5-15-17(4)8(10)2/h5H,6H2,1-4H3,(H,16,20). The fraction of sp³-hybridized carbons (Fsp3) is 0.357. The summed E-state index contributed by atoms with van der Waals surface area (Å²) in [5, 5.41) is 4.96. The zero-order valence-corrected chi connectivity index (χ0v) is 14.0. The number of aryl methyl sites for hydroxylation is 3. The summed E-state index contributed by atoms with van der Waals surface area (Å²) in [6.07, 6.45) is 1.78. The second kappa shape index (κ2) is 4.92. The molecule has 7 heteroatoms. The molecule has 0 radical (unpaired) electrons.